The first-order valence-electron chi connectivity index (χ1n) is 8.20. The largest absolute Gasteiger partial charge is 0.495 e. The molecule has 30 heavy (non-hydrogen) atoms. The van der Waals surface area contributed by atoms with Gasteiger partial charge in [-0.05, 0) is 30.3 Å². The molecule has 7 nitrogen and oxygen atoms in total. The predicted octanol–water partition coefficient (Wildman–Crippen LogP) is 4.61. The molecule has 2 aromatic carbocycles. The Kier molecular flexibility index (Phi) is 7.37. The molecular weight excluding hydrogens is 412 g/mol. The van der Waals surface area contributed by atoms with Gasteiger partial charge in [0.25, 0.3) is 0 Å². The summed E-state index contributed by atoms with van der Waals surface area (Å²) in [6.45, 7) is 0. The van der Waals surface area contributed by atoms with Crippen LogP contribution in [0.4, 0.5) is 33.7 Å². The Morgan fingerprint density at radius 1 is 1.07 bits per heavy atom. The lowest BCUT2D eigenvalue weighted by Gasteiger charge is -2.15. The van der Waals surface area contributed by atoms with Crippen LogP contribution in [0.25, 0.3) is 6.08 Å². The first kappa shape index (κ1) is 22.7. The zero-order valence-corrected chi connectivity index (χ0v) is 15.7. The smallest absolute Gasteiger partial charge is 0.416 e. The lowest BCUT2D eigenvalue weighted by atomic mass is 10.1. The second kappa shape index (κ2) is 9.74. The topological polar surface area (TPSA) is 85.9 Å². The molecule has 11 heteroatoms. The molecule has 0 saturated carbocycles. The number of ether oxygens (including phenoxy) is 1. The summed E-state index contributed by atoms with van der Waals surface area (Å²) < 4.78 is 57.9. The minimum absolute atomic E-state index is 0.0332. The van der Waals surface area contributed by atoms with E-state index in [0.29, 0.717) is 6.07 Å². The molecule has 2 rings (SSSR count). The third kappa shape index (κ3) is 5.95. The van der Waals surface area contributed by atoms with E-state index in [1.54, 1.807) is 0 Å². The molecule has 0 saturated heterocycles. The SMILES string of the molecule is COOC(=O)/C=C/c1cccc(F)c1NC(=O)Nc1cc(C(F)(F)F)ccc1OC. The number of rotatable bonds is 6. The van der Waals surface area contributed by atoms with Crippen LogP contribution in [0, 0.1) is 5.82 Å². The molecule has 2 N–H and O–H groups in total. The number of halogens is 4. The van der Waals surface area contributed by atoms with Crippen molar-refractivity contribution in [2.24, 2.45) is 0 Å². The van der Waals surface area contributed by atoms with E-state index < -0.39 is 29.6 Å². The minimum atomic E-state index is -4.64. The Bertz CT molecular complexity index is 960. The maximum Gasteiger partial charge on any atom is 0.416 e. The van der Waals surface area contributed by atoms with Crippen LogP contribution in [0.3, 0.4) is 0 Å². The predicted molar refractivity (Wildman–Crippen MR) is 99.2 cm³/mol. The van der Waals surface area contributed by atoms with Gasteiger partial charge in [0.2, 0.25) is 0 Å². The Morgan fingerprint density at radius 3 is 2.43 bits per heavy atom. The first-order valence-corrected chi connectivity index (χ1v) is 8.20. The fraction of sp³-hybridized carbons (Fsp3) is 0.158. The summed E-state index contributed by atoms with van der Waals surface area (Å²) in [4.78, 5) is 32.0. The molecule has 0 aliphatic carbocycles. The number of hydrogen-bond acceptors (Lipinski definition) is 5. The van der Waals surface area contributed by atoms with E-state index in [4.69, 9.17) is 4.74 Å². The normalized spacial score (nSPS) is 11.3. The summed E-state index contributed by atoms with van der Waals surface area (Å²) in [7, 11) is 2.33. The molecule has 0 aliphatic heterocycles. The van der Waals surface area contributed by atoms with Crippen molar-refractivity contribution in [3.05, 3.63) is 59.4 Å². The van der Waals surface area contributed by atoms with E-state index in [-0.39, 0.29) is 22.7 Å². The Morgan fingerprint density at radius 2 is 1.80 bits per heavy atom. The molecule has 0 spiro atoms. The zero-order valence-electron chi connectivity index (χ0n) is 15.7. The van der Waals surface area contributed by atoms with Crippen molar-refractivity contribution in [2.75, 3.05) is 24.9 Å². The third-order valence-corrected chi connectivity index (χ3v) is 3.62. The molecule has 2 amide bonds. The number of benzene rings is 2. The van der Waals surface area contributed by atoms with Crippen molar-refractivity contribution in [1.29, 1.82) is 0 Å². The zero-order chi connectivity index (χ0) is 22.3. The Hall–Kier alpha value is -3.60. The lowest BCUT2D eigenvalue weighted by Crippen LogP contribution is -2.21. The van der Waals surface area contributed by atoms with Gasteiger partial charge in [-0.1, -0.05) is 12.1 Å². The summed E-state index contributed by atoms with van der Waals surface area (Å²) in [5.74, 6) is -1.76. The van der Waals surface area contributed by atoms with Gasteiger partial charge in [-0.15, -0.1) is 0 Å². The summed E-state index contributed by atoms with van der Waals surface area (Å²) in [6, 6.07) is 5.24. The average Bonchev–Trinajstić information content (AvgIpc) is 2.68. The van der Waals surface area contributed by atoms with Crippen LogP contribution in [-0.2, 0) is 20.7 Å². The number of hydrogen-bond donors (Lipinski definition) is 2. The molecule has 160 valence electrons. The van der Waals surface area contributed by atoms with Crippen LogP contribution < -0.4 is 15.4 Å². The number of carbonyl (C=O) groups is 2. The highest BCUT2D eigenvalue weighted by Crippen LogP contribution is 2.35. The summed E-state index contributed by atoms with van der Waals surface area (Å²) >= 11 is 0. The molecule has 0 unspecified atom stereocenters. The van der Waals surface area contributed by atoms with E-state index >= 15 is 0 Å². The van der Waals surface area contributed by atoms with Crippen LogP contribution in [0.5, 0.6) is 5.75 Å². The molecule has 0 atom stereocenters. The molecule has 0 bridgehead atoms. The van der Waals surface area contributed by atoms with Crippen LogP contribution in [0.1, 0.15) is 11.1 Å². The molecule has 0 heterocycles. The van der Waals surface area contributed by atoms with Crippen molar-refractivity contribution < 1.29 is 41.7 Å². The van der Waals surface area contributed by atoms with Gasteiger partial charge in [0, 0.05) is 11.6 Å². The summed E-state index contributed by atoms with van der Waals surface area (Å²) in [5.41, 5.74) is -1.51. The summed E-state index contributed by atoms with van der Waals surface area (Å²) in [6.07, 6.45) is -2.55. The molecule has 0 aliphatic rings. The van der Waals surface area contributed by atoms with E-state index in [0.717, 1.165) is 37.5 Å². The number of urea groups is 1. The van der Waals surface area contributed by atoms with Gasteiger partial charge in [-0.25, -0.2) is 14.0 Å². The van der Waals surface area contributed by atoms with Crippen molar-refractivity contribution in [3.8, 4) is 5.75 Å². The maximum atomic E-state index is 14.2. The molecule has 2 aromatic rings. The van der Waals surface area contributed by atoms with Gasteiger partial charge >= 0.3 is 18.2 Å². The molecule has 0 aromatic heterocycles. The van der Waals surface area contributed by atoms with Crippen molar-refractivity contribution >= 4 is 29.5 Å². The van der Waals surface area contributed by atoms with Gasteiger partial charge in [0.05, 0.1) is 31.2 Å². The third-order valence-electron chi connectivity index (χ3n) is 3.62. The number of nitrogens with one attached hydrogen (secondary N) is 2. The maximum absolute atomic E-state index is 14.2. The number of carbonyl (C=O) groups excluding carboxylic acids is 2. The highest BCUT2D eigenvalue weighted by Gasteiger charge is 2.31. The standard InChI is InChI=1S/C19H16F4N2O5/c1-28-15-8-7-12(19(21,22)23)10-14(15)24-18(27)25-17-11(4-3-5-13(17)20)6-9-16(26)30-29-2/h3-10H,1-2H3,(H2,24,25,27)/b9-6+. The number of amides is 2. The van der Waals surface area contributed by atoms with E-state index in [1.807, 2.05) is 0 Å². The van der Waals surface area contributed by atoms with Crippen LogP contribution >= 0.6 is 0 Å². The number of alkyl halides is 3. The van der Waals surface area contributed by atoms with Gasteiger partial charge in [-0.2, -0.15) is 18.1 Å². The van der Waals surface area contributed by atoms with E-state index in [1.165, 1.54) is 19.2 Å². The quantitative estimate of drug-likeness (QED) is 0.304. The van der Waals surface area contributed by atoms with Crippen LogP contribution in [0.15, 0.2) is 42.5 Å². The second-order valence-corrected chi connectivity index (χ2v) is 5.60. The Balaban J connectivity index is 2.26. The first-order chi connectivity index (χ1) is 14.2. The fourth-order valence-corrected chi connectivity index (χ4v) is 2.33. The van der Waals surface area contributed by atoms with Crippen LogP contribution in [-0.4, -0.2) is 26.2 Å². The summed E-state index contributed by atoms with van der Waals surface area (Å²) in [5, 5.41) is 4.38. The molecular formula is C19H16F4N2O5. The molecule has 0 radical (unpaired) electrons. The second-order valence-electron chi connectivity index (χ2n) is 5.60. The molecule has 0 fully saturated rings. The van der Waals surface area contributed by atoms with E-state index in [9.17, 15) is 27.2 Å². The number of anilines is 2. The number of para-hydroxylation sites is 1. The van der Waals surface area contributed by atoms with Gasteiger partial charge in [-0.3, -0.25) is 4.89 Å². The van der Waals surface area contributed by atoms with Gasteiger partial charge < -0.3 is 15.4 Å². The highest BCUT2D eigenvalue weighted by molar-refractivity contribution is 6.02. The van der Waals surface area contributed by atoms with Gasteiger partial charge in [0.15, 0.2) is 0 Å². The van der Waals surface area contributed by atoms with E-state index in [2.05, 4.69) is 20.4 Å². The van der Waals surface area contributed by atoms with Crippen molar-refractivity contribution in [1.82, 2.24) is 0 Å². The average molecular weight is 428 g/mol. The fourth-order valence-electron chi connectivity index (χ4n) is 2.33. The van der Waals surface area contributed by atoms with Crippen LogP contribution in [0.2, 0.25) is 0 Å². The minimum Gasteiger partial charge on any atom is -0.495 e. The van der Waals surface area contributed by atoms with Crippen molar-refractivity contribution in [2.45, 2.75) is 6.18 Å². The number of methoxy groups -OCH3 is 1. The van der Waals surface area contributed by atoms with Crippen molar-refractivity contribution in [3.63, 3.8) is 0 Å². The highest BCUT2D eigenvalue weighted by atomic mass is 19.4. The van der Waals surface area contributed by atoms with Gasteiger partial charge in [0.1, 0.15) is 11.6 Å². The monoisotopic (exact) mass is 428 g/mol. The lowest BCUT2D eigenvalue weighted by molar-refractivity contribution is -0.249. The Labute approximate surface area is 168 Å².